The Morgan fingerprint density at radius 1 is 0.923 bits per heavy atom. The third-order valence-electron chi connectivity index (χ3n) is 3.56. The fourth-order valence-electron chi connectivity index (χ4n) is 2.34. The van der Waals surface area contributed by atoms with E-state index in [1.807, 2.05) is 29.1 Å². The van der Waals surface area contributed by atoms with Crippen LogP contribution in [0.3, 0.4) is 0 Å². The number of alkyl halides is 3. The predicted octanol–water partition coefficient (Wildman–Crippen LogP) is 5.79. The molecule has 8 heteroatoms. The Labute approximate surface area is 152 Å². The first kappa shape index (κ1) is 17.9. The summed E-state index contributed by atoms with van der Waals surface area (Å²) in [5.41, 5.74) is 0.396. The largest absolute Gasteiger partial charge is 0.417 e. The minimum absolute atomic E-state index is 0.0109. The minimum Gasteiger partial charge on any atom is -0.324 e. The van der Waals surface area contributed by atoms with Gasteiger partial charge in [-0.1, -0.05) is 11.6 Å². The number of urea groups is 1. The highest BCUT2D eigenvalue weighted by atomic mass is 35.5. The van der Waals surface area contributed by atoms with Gasteiger partial charge < -0.3 is 15.2 Å². The number of nitrogens with zero attached hydrogens (tertiary/aromatic N) is 1. The molecule has 0 saturated heterocycles. The van der Waals surface area contributed by atoms with Crippen molar-refractivity contribution in [1.82, 2.24) is 4.57 Å². The second-order valence-electron chi connectivity index (χ2n) is 5.41. The van der Waals surface area contributed by atoms with Crippen LogP contribution in [0.5, 0.6) is 0 Å². The number of hydrogen-bond acceptors (Lipinski definition) is 1. The minimum atomic E-state index is -4.60. The lowest BCUT2D eigenvalue weighted by Gasteiger charge is -2.12. The van der Waals surface area contributed by atoms with E-state index in [-0.39, 0.29) is 5.69 Å². The number of benzene rings is 2. The Balaban J connectivity index is 1.68. The molecule has 0 aliphatic rings. The molecular formula is C18H13ClF3N3O. The second kappa shape index (κ2) is 7.13. The molecule has 0 unspecified atom stereocenters. The van der Waals surface area contributed by atoms with Crippen molar-refractivity contribution in [3.8, 4) is 5.69 Å². The highest BCUT2D eigenvalue weighted by Gasteiger charge is 2.33. The lowest BCUT2D eigenvalue weighted by atomic mass is 10.2. The van der Waals surface area contributed by atoms with E-state index in [1.54, 1.807) is 24.3 Å². The normalized spacial score (nSPS) is 11.2. The summed E-state index contributed by atoms with van der Waals surface area (Å²) in [4.78, 5) is 12.0. The van der Waals surface area contributed by atoms with Gasteiger partial charge in [0.15, 0.2) is 0 Å². The Morgan fingerprint density at radius 3 is 2.12 bits per heavy atom. The molecule has 3 rings (SSSR count). The van der Waals surface area contributed by atoms with E-state index in [2.05, 4.69) is 10.6 Å². The molecule has 2 N–H and O–H groups in total. The summed E-state index contributed by atoms with van der Waals surface area (Å²) in [6.07, 6.45) is -0.832. The molecule has 0 spiro atoms. The first-order chi connectivity index (χ1) is 12.3. The fourth-order valence-corrected chi connectivity index (χ4v) is 2.56. The van der Waals surface area contributed by atoms with Crippen molar-refractivity contribution in [2.45, 2.75) is 6.18 Å². The smallest absolute Gasteiger partial charge is 0.324 e. The van der Waals surface area contributed by atoms with E-state index in [4.69, 9.17) is 11.6 Å². The first-order valence-corrected chi connectivity index (χ1v) is 7.89. The van der Waals surface area contributed by atoms with Crippen LogP contribution in [0.15, 0.2) is 67.0 Å². The number of halogens is 4. The van der Waals surface area contributed by atoms with Crippen LogP contribution in [0, 0.1) is 0 Å². The van der Waals surface area contributed by atoms with Gasteiger partial charge in [-0.15, -0.1) is 0 Å². The third kappa shape index (κ3) is 4.18. The molecule has 2 aromatic carbocycles. The van der Waals surface area contributed by atoms with Crippen molar-refractivity contribution in [1.29, 1.82) is 0 Å². The van der Waals surface area contributed by atoms with Gasteiger partial charge in [-0.25, -0.2) is 4.79 Å². The Kier molecular flexibility index (Phi) is 4.90. The number of amides is 2. The molecule has 1 heterocycles. The molecule has 0 aliphatic heterocycles. The van der Waals surface area contributed by atoms with E-state index in [0.29, 0.717) is 5.69 Å². The van der Waals surface area contributed by atoms with Crippen LogP contribution >= 0.6 is 11.6 Å². The van der Waals surface area contributed by atoms with Crippen molar-refractivity contribution >= 4 is 29.0 Å². The zero-order chi connectivity index (χ0) is 18.7. The van der Waals surface area contributed by atoms with Gasteiger partial charge in [0.1, 0.15) is 0 Å². The summed E-state index contributed by atoms with van der Waals surface area (Å²) in [6.45, 7) is 0. The zero-order valence-corrected chi connectivity index (χ0v) is 14.0. The van der Waals surface area contributed by atoms with Gasteiger partial charge in [0, 0.05) is 29.5 Å². The maximum Gasteiger partial charge on any atom is 0.417 e. The lowest BCUT2D eigenvalue weighted by molar-refractivity contribution is -0.137. The van der Waals surface area contributed by atoms with Crippen molar-refractivity contribution in [2.24, 2.45) is 0 Å². The number of nitrogens with one attached hydrogen (secondary N) is 2. The van der Waals surface area contributed by atoms with Gasteiger partial charge in [-0.05, 0) is 54.6 Å². The maximum absolute atomic E-state index is 12.9. The van der Waals surface area contributed by atoms with Crippen molar-refractivity contribution in [3.63, 3.8) is 0 Å². The van der Waals surface area contributed by atoms with Crippen LogP contribution in [0.4, 0.5) is 29.3 Å². The molecule has 134 valence electrons. The van der Waals surface area contributed by atoms with Crippen LogP contribution in [0.1, 0.15) is 5.56 Å². The topological polar surface area (TPSA) is 46.1 Å². The molecular weight excluding hydrogens is 367 g/mol. The molecule has 1 aromatic heterocycles. The predicted molar refractivity (Wildman–Crippen MR) is 94.9 cm³/mol. The van der Waals surface area contributed by atoms with E-state index in [1.165, 1.54) is 6.07 Å². The Bertz CT molecular complexity index is 906. The average Bonchev–Trinajstić information content (AvgIpc) is 3.11. The van der Waals surface area contributed by atoms with Crippen LogP contribution in [0.2, 0.25) is 5.02 Å². The number of carbonyl (C=O) groups excluding carboxylic acids is 1. The fraction of sp³-hybridized carbons (Fsp3) is 0.0556. The summed E-state index contributed by atoms with van der Waals surface area (Å²) in [5, 5.41) is 4.49. The highest BCUT2D eigenvalue weighted by molar-refractivity contribution is 6.31. The summed E-state index contributed by atoms with van der Waals surface area (Å²) in [5.74, 6) is 0. The molecule has 0 bridgehead atoms. The van der Waals surface area contributed by atoms with Crippen molar-refractivity contribution in [2.75, 3.05) is 10.6 Å². The molecule has 0 saturated carbocycles. The number of aromatic nitrogens is 1. The van der Waals surface area contributed by atoms with Crippen LogP contribution in [0.25, 0.3) is 5.69 Å². The zero-order valence-electron chi connectivity index (χ0n) is 13.2. The molecule has 2 amide bonds. The monoisotopic (exact) mass is 379 g/mol. The molecule has 3 aromatic rings. The molecule has 0 atom stereocenters. The van der Waals surface area contributed by atoms with E-state index in [0.717, 1.165) is 17.8 Å². The van der Waals surface area contributed by atoms with E-state index in [9.17, 15) is 18.0 Å². The standard InChI is InChI=1S/C18H13ClF3N3O/c19-16-8-5-13(11-15(16)18(20,21)22)24-17(26)23-12-3-6-14(7-4-12)25-9-1-2-10-25/h1-11H,(H2,23,24,26). The quantitative estimate of drug-likeness (QED) is 0.594. The lowest BCUT2D eigenvalue weighted by Crippen LogP contribution is -2.20. The van der Waals surface area contributed by atoms with Gasteiger partial charge >= 0.3 is 12.2 Å². The van der Waals surface area contributed by atoms with Gasteiger partial charge in [-0.2, -0.15) is 13.2 Å². The highest BCUT2D eigenvalue weighted by Crippen LogP contribution is 2.36. The van der Waals surface area contributed by atoms with Gasteiger partial charge in [0.2, 0.25) is 0 Å². The summed E-state index contributed by atoms with van der Waals surface area (Å²) >= 11 is 5.55. The van der Waals surface area contributed by atoms with E-state index < -0.39 is 22.8 Å². The molecule has 0 radical (unpaired) electrons. The van der Waals surface area contributed by atoms with Crippen LogP contribution in [-0.4, -0.2) is 10.6 Å². The maximum atomic E-state index is 12.9. The summed E-state index contributed by atoms with van der Waals surface area (Å²) in [7, 11) is 0. The molecule has 0 fully saturated rings. The average molecular weight is 380 g/mol. The van der Waals surface area contributed by atoms with E-state index >= 15 is 0 Å². The number of rotatable bonds is 3. The van der Waals surface area contributed by atoms with Crippen LogP contribution < -0.4 is 10.6 Å². The van der Waals surface area contributed by atoms with Crippen molar-refractivity contribution < 1.29 is 18.0 Å². The summed E-state index contributed by atoms with van der Waals surface area (Å²) in [6, 6.07) is 13.3. The van der Waals surface area contributed by atoms with Gasteiger partial charge in [0.05, 0.1) is 10.6 Å². The van der Waals surface area contributed by atoms with Crippen molar-refractivity contribution in [3.05, 3.63) is 77.6 Å². The Hall–Kier alpha value is -2.93. The Morgan fingerprint density at radius 2 is 1.50 bits per heavy atom. The second-order valence-corrected chi connectivity index (χ2v) is 5.82. The van der Waals surface area contributed by atoms with Crippen LogP contribution in [-0.2, 0) is 6.18 Å². The molecule has 4 nitrogen and oxygen atoms in total. The summed E-state index contributed by atoms with van der Waals surface area (Å²) < 4.78 is 40.5. The first-order valence-electron chi connectivity index (χ1n) is 7.51. The third-order valence-corrected chi connectivity index (χ3v) is 3.89. The molecule has 0 aliphatic carbocycles. The van der Waals surface area contributed by atoms with Gasteiger partial charge in [0.25, 0.3) is 0 Å². The SMILES string of the molecule is O=C(Nc1ccc(-n2cccc2)cc1)Nc1ccc(Cl)c(C(F)(F)F)c1. The molecule has 26 heavy (non-hydrogen) atoms. The van der Waals surface area contributed by atoms with Gasteiger partial charge in [-0.3, -0.25) is 0 Å². The number of anilines is 2. The number of carbonyl (C=O) groups is 1. The number of hydrogen-bond donors (Lipinski definition) is 2.